The Morgan fingerprint density at radius 2 is 1.80 bits per heavy atom. The van der Waals surface area contributed by atoms with E-state index in [2.05, 4.69) is 29.2 Å². The Morgan fingerprint density at radius 3 is 2.33 bits per heavy atom. The Hall–Kier alpha value is -1.02. The highest BCUT2D eigenvalue weighted by Gasteiger charge is 2.11. The van der Waals surface area contributed by atoms with E-state index in [0.717, 1.165) is 6.42 Å². The quantitative estimate of drug-likeness (QED) is 0.817. The molecule has 1 atom stereocenters. The molecule has 2 rings (SSSR count). The molecule has 2 nitrogen and oxygen atoms in total. The third-order valence-electron chi connectivity index (χ3n) is 2.97. The standard InChI is InChI=1S/C13H20N2/c1-11(14)10-12-4-6-13(7-5-12)15-8-2-3-9-15/h4-7,11H,2-3,8-10,14H2,1H3. The van der Waals surface area contributed by atoms with Crippen LogP contribution < -0.4 is 10.6 Å². The van der Waals surface area contributed by atoms with Crippen LogP contribution in [0.25, 0.3) is 0 Å². The number of nitrogens with two attached hydrogens (primary N) is 1. The lowest BCUT2D eigenvalue weighted by molar-refractivity contribution is 0.738. The minimum absolute atomic E-state index is 0.252. The maximum Gasteiger partial charge on any atom is 0.0366 e. The van der Waals surface area contributed by atoms with Gasteiger partial charge in [0.2, 0.25) is 0 Å². The van der Waals surface area contributed by atoms with Crippen LogP contribution in [0.1, 0.15) is 25.3 Å². The molecular weight excluding hydrogens is 184 g/mol. The van der Waals surface area contributed by atoms with Gasteiger partial charge in [0, 0.05) is 24.8 Å². The van der Waals surface area contributed by atoms with E-state index in [0.29, 0.717) is 0 Å². The van der Waals surface area contributed by atoms with Crippen molar-refractivity contribution in [2.45, 2.75) is 32.2 Å². The molecule has 1 aliphatic rings. The molecule has 1 saturated heterocycles. The van der Waals surface area contributed by atoms with Crippen molar-refractivity contribution in [1.82, 2.24) is 0 Å². The van der Waals surface area contributed by atoms with Gasteiger partial charge in [-0.1, -0.05) is 12.1 Å². The maximum atomic E-state index is 5.77. The van der Waals surface area contributed by atoms with Gasteiger partial charge in [-0.3, -0.25) is 0 Å². The fourth-order valence-corrected chi connectivity index (χ4v) is 2.19. The van der Waals surface area contributed by atoms with E-state index in [9.17, 15) is 0 Å². The average Bonchev–Trinajstić information content (AvgIpc) is 2.71. The summed E-state index contributed by atoms with van der Waals surface area (Å²) >= 11 is 0. The molecule has 0 radical (unpaired) electrons. The average molecular weight is 204 g/mol. The number of hydrogen-bond donors (Lipinski definition) is 1. The van der Waals surface area contributed by atoms with Gasteiger partial charge < -0.3 is 10.6 Å². The Balaban J connectivity index is 2.03. The molecule has 1 aromatic carbocycles. The molecule has 0 aliphatic carbocycles. The lowest BCUT2D eigenvalue weighted by Crippen LogP contribution is -2.19. The SMILES string of the molecule is CC(N)Cc1ccc(N2CCCC2)cc1. The van der Waals surface area contributed by atoms with Crippen LogP contribution >= 0.6 is 0 Å². The summed E-state index contributed by atoms with van der Waals surface area (Å²) in [6.07, 6.45) is 3.64. The van der Waals surface area contributed by atoms with Crippen molar-refractivity contribution in [3.05, 3.63) is 29.8 Å². The molecule has 2 heteroatoms. The second-order valence-electron chi connectivity index (χ2n) is 4.54. The number of hydrogen-bond acceptors (Lipinski definition) is 2. The Kier molecular flexibility index (Phi) is 3.27. The highest BCUT2D eigenvalue weighted by atomic mass is 15.1. The first-order chi connectivity index (χ1) is 7.25. The molecule has 1 unspecified atom stereocenters. The normalized spacial score (nSPS) is 18.1. The second kappa shape index (κ2) is 4.67. The molecule has 0 aromatic heterocycles. The number of anilines is 1. The van der Waals surface area contributed by atoms with Crippen molar-refractivity contribution in [1.29, 1.82) is 0 Å². The third-order valence-corrected chi connectivity index (χ3v) is 2.97. The zero-order valence-electron chi connectivity index (χ0n) is 9.45. The van der Waals surface area contributed by atoms with E-state index in [1.54, 1.807) is 0 Å². The first-order valence-electron chi connectivity index (χ1n) is 5.85. The number of rotatable bonds is 3. The topological polar surface area (TPSA) is 29.3 Å². The molecule has 1 aliphatic heterocycles. The molecule has 2 N–H and O–H groups in total. The number of nitrogens with zero attached hydrogens (tertiary/aromatic N) is 1. The van der Waals surface area contributed by atoms with Crippen molar-refractivity contribution in [3.63, 3.8) is 0 Å². The predicted molar refractivity (Wildman–Crippen MR) is 65.2 cm³/mol. The molecule has 15 heavy (non-hydrogen) atoms. The molecule has 0 amide bonds. The summed E-state index contributed by atoms with van der Waals surface area (Å²) < 4.78 is 0. The van der Waals surface area contributed by atoms with Gasteiger partial charge in [-0.05, 0) is 43.9 Å². The van der Waals surface area contributed by atoms with Crippen LogP contribution in [0.2, 0.25) is 0 Å². The summed E-state index contributed by atoms with van der Waals surface area (Å²) in [5.41, 5.74) is 8.48. The molecule has 0 saturated carbocycles. The maximum absolute atomic E-state index is 5.77. The van der Waals surface area contributed by atoms with Gasteiger partial charge >= 0.3 is 0 Å². The second-order valence-corrected chi connectivity index (χ2v) is 4.54. The molecule has 0 spiro atoms. The molecule has 0 bridgehead atoms. The minimum Gasteiger partial charge on any atom is -0.372 e. The summed E-state index contributed by atoms with van der Waals surface area (Å²) in [5, 5.41) is 0. The fraction of sp³-hybridized carbons (Fsp3) is 0.538. The van der Waals surface area contributed by atoms with Gasteiger partial charge in [-0.25, -0.2) is 0 Å². The highest BCUT2D eigenvalue weighted by molar-refractivity contribution is 5.48. The summed E-state index contributed by atoms with van der Waals surface area (Å²) in [6, 6.07) is 9.11. The van der Waals surface area contributed by atoms with Crippen molar-refractivity contribution < 1.29 is 0 Å². The molecule has 1 aromatic rings. The fourth-order valence-electron chi connectivity index (χ4n) is 2.19. The van der Waals surface area contributed by atoms with Crippen LogP contribution in [-0.2, 0) is 6.42 Å². The summed E-state index contributed by atoms with van der Waals surface area (Å²) in [7, 11) is 0. The smallest absolute Gasteiger partial charge is 0.0366 e. The van der Waals surface area contributed by atoms with Gasteiger partial charge in [0.05, 0.1) is 0 Å². The van der Waals surface area contributed by atoms with E-state index in [1.165, 1.54) is 37.2 Å². The van der Waals surface area contributed by atoms with Crippen molar-refractivity contribution in [2.24, 2.45) is 5.73 Å². The van der Waals surface area contributed by atoms with Gasteiger partial charge in [0.25, 0.3) is 0 Å². The van der Waals surface area contributed by atoms with Crippen LogP contribution in [0.4, 0.5) is 5.69 Å². The largest absolute Gasteiger partial charge is 0.372 e. The molecular formula is C13H20N2. The van der Waals surface area contributed by atoms with Gasteiger partial charge in [0.1, 0.15) is 0 Å². The highest BCUT2D eigenvalue weighted by Crippen LogP contribution is 2.20. The summed E-state index contributed by atoms with van der Waals surface area (Å²) in [4.78, 5) is 2.45. The summed E-state index contributed by atoms with van der Waals surface area (Å²) in [5.74, 6) is 0. The first-order valence-corrected chi connectivity index (χ1v) is 5.85. The van der Waals surface area contributed by atoms with Crippen molar-refractivity contribution in [2.75, 3.05) is 18.0 Å². The molecule has 1 fully saturated rings. The van der Waals surface area contributed by atoms with E-state index in [1.807, 2.05) is 6.92 Å². The van der Waals surface area contributed by atoms with Crippen molar-refractivity contribution in [3.8, 4) is 0 Å². The lowest BCUT2D eigenvalue weighted by Gasteiger charge is -2.17. The molecule has 1 heterocycles. The van der Waals surface area contributed by atoms with Gasteiger partial charge in [0.15, 0.2) is 0 Å². The van der Waals surface area contributed by atoms with E-state index in [4.69, 9.17) is 5.73 Å². The van der Waals surface area contributed by atoms with Crippen LogP contribution in [0, 0.1) is 0 Å². The Bertz CT molecular complexity index is 297. The van der Waals surface area contributed by atoms with Crippen LogP contribution in [0.3, 0.4) is 0 Å². The monoisotopic (exact) mass is 204 g/mol. The molecule has 82 valence electrons. The van der Waals surface area contributed by atoms with Gasteiger partial charge in [-0.2, -0.15) is 0 Å². The van der Waals surface area contributed by atoms with E-state index < -0.39 is 0 Å². The Labute approximate surface area is 92.1 Å². The van der Waals surface area contributed by atoms with Gasteiger partial charge in [-0.15, -0.1) is 0 Å². The van der Waals surface area contributed by atoms with Crippen LogP contribution in [-0.4, -0.2) is 19.1 Å². The first kappa shape index (κ1) is 10.5. The van der Waals surface area contributed by atoms with E-state index >= 15 is 0 Å². The zero-order chi connectivity index (χ0) is 10.7. The predicted octanol–water partition coefficient (Wildman–Crippen LogP) is 2.18. The Morgan fingerprint density at radius 1 is 1.20 bits per heavy atom. The minimum atomic E-state index is 0.252. The third kappa shape index (κ3) is 2.72. The van der Waals surface area contributed by atoms with Crippen molar-refractivity contribution >= 4 is 5.69 Å². The van der Waals surface area contributed by atoms with Crippen LogP contribution in [0.15, 0.2) is 24.3 Å². The number of benzene rings is 1. The zero-order valence-corrected chi connectivity index (χ0v) is 9.45. The van der Waals surface area contributed by atoms with E-state index in [-0.39, 0.29) is 6.04 Å². The van der Waals surface area contributed by atoms with Crippen LogP contribution in [0.5, 0.6) is 0 Å². The lowest BCUT2D eigenvalue weighted by atomic mass is 10.1. The summed E-state index contributed by atoms with van der Waals surface area (Å²) in [6.45, 7) is 4.48.